The van der Waals surface area contributed by atoms with Gasteiger partial charge in [-0.25, -0.2) is 4.79 Å². The van der Waals surface area contributed by atoms with Crippen molar-refractivity contribution < 1.29 is 23.9 Å². The fourth-order valence-electron chi connectivity index (χ4n) is 3.63. The molecule has 0 spiro atoms. The van der Waals surface area contributed by atoms with E-state index in [9.17, 15) is 19.2 Å². The Bertz CT molecular complexity index is 1020. The van der Waals surface area contributed by atoms with Gasteiger partial charge in [0.05, 0.1) is 23.3 Å². The Balaban J connectivity index is 1.95. The van der Waals surface area contributed by atoms with Crippen molar-refractivity contribution in [3.8, 4) is 0 Å². The number of carbonyl (C=O) groups excluding carboxylic acids is 4. The van der Waals surface area contributed by atoms with E-state index in [-0.39, 0.29) is 12.5 Å². The van der Waals surface area contributed by atoms with Crippen molar-refractivity contribution in [1.29, 1.82) is 0 Å². The van der Waals surface area contributed by atoms with Crippen LogP contribution in [0.15, 0.2) is 24.3 Å². The van der Waals surface area contributed by atoms with E-state index in [4.69, 9.17) is 4.74 Å². The van der Waals surface area contributed by atoms with E-state index >= 15 is 0 Å². The number of benzene rings is 1. The zero-order valence-corrected chi connectivity index (χ0v) is 19.1. The predicted molar refractivity (Wildman–Crippen MR) is 119 cm³/mol. The zero-order valence-electron chi connectivity index (χ0n) is 18.3. The summed E-state index contributed by atoms with van der Waals surface area (Å²) in [5.74, 6) is -1.93. The lowest BCUT2D eigenvalue weighted by Crippen LogP contribution is -2.48. The summed E-state index contributed by atoms with van der Waals surface area (Å²) in [7, 11) is 0. The van der Waals surface area contributed by atoms with Crippen LogP contribution in [0.1, 0.15) is 68.7 Å². The number of hydrogen-bond acceptors (Lipinski definition) is 6. The van der Waals surface area contributed by atoms with Gasteiger partial charge in [0.25, 0.3) is 11.8 Å². The third kappa shape index (κ3) is 4.25. The first kappa shape index (κ1) is 22.7. The van der Waals surface area contributed by atoms with Crippen LogP contribution in [0.2, 0.25) is 0 Å². The van der Waals surface area contributed by atoms with Gasteiger partial charge < -0.3 is 10.1 Å². The fourth-order valence-corrected chi connectivity index (χ4v) is 4.68. The number of hydrogen-bond donors (Lipinski definition) is 1. The minimum atomic E-state index is -0.995. The summed E-state index contributed by atoms with van der Waals surface area (Å²) in [5.41, 5.74) is 1.64. The molecule has 1 aromatic heterocycles. The van der Waals surface area contributed by atoms with E-state index in [1.807, 2.05) is 20.8 Å². The molecule has 1 unspecified atom stereocenters. The number of thiophene rings is 1. The molecule has 164 valence electrons. The van der Waals surface area contributed by atoms with E-state index in [1.54, 1.807) is 38.1 Å². The van der Waals surface area contributed by atoms with Crippen molar-refractivity contribution >= 4 is 40.0 Å². The van der Waals surface area contributed by atoms with E-state index in [2.05, 4.69) is 5.32 Å². The SMILES string of the molecule is CCOC(=O)c1c(NC(=O)C(CC(C)C)N2C(=O)c3ccccc3C2=O)sc(C)c1C. The molecular formula is C23H26N2O5S. The number of anilines is 1. The highest BCUT2D eigenvalue weighted by Crippen LogP contribution is 2.34. The van der Waals surface area contributed by atoms with Crippen molar-refractivity contribution in [2.75, 3.05) is 11.9 Å². The maximum Gasteiger partial charge on any atom is 0.341 e. The van der Waals surface area contributed by atoms with Crippen LogP contribution >= 0.6 is 11.3 Å². The number of aryl methyl sites for hydroxylation is 1. The van der Waals surface area contributed by atoms with Crippen LogP contribution < -0.4 is 5.32 Å². The maximum atomic E-state index is 13.3. The largest absolute Gasteiger partial charge is 0.462 e. The summed E-state index contributed by atoms with van der Waals surface area (Å²) in [6.45, 7) is 9.42. The van der Waals surface area contributed by atoms with Crippen LogP contribution in [0.25, 0.3) is 0 Å². The predicted octanol–water partition coefficient (Wildman–Crippen LogP) is 4.19. The van der Waals surface area contributed by atoms with Gasteiger partial charge in [0.2, 0.25) is 5.91 Å². The lowest BCUT2D eigenvalue weighted by atomic mass is 10.0. The standard InChI is InChI=1S/C23H26N2O5S/c1-6-30-23(29)18-13(4)14(5)31-20(18)24-19(26)17(11-12(2)3)25-21(27)15-9-7-8-10-16(15)22(25)28/h7-10,12,17H,6,11H2,1-5H3,(H,24,26). The molecule has 2 heterocycles. The molecule has 0 fully saturated rings. The molecule has 0 aliphatic carbocycles. The first-order chi connectivity index (χ1) is 14.7. The van der Waals surface area contributed by atoms with Gasteiger partial charge in [-0.15, -0.1) is 11.3 Å². The van der Waals surface area contributed by atoms with Crippen molar-refractivity contribution in [3.63, 3.8) is 0 Å². The van der Waals surface area contributed by atoms with Crippen LogP contribution in [0.5, 0.6) is 0 Å². The highest BCUT2D eigenvalue weighted by molar-refractivity contribution is 7.16. The number of nitrogens with zero attached hydrogens (tertiary/aromatic N) is 1. The second-order valence-electron chi connectivity index (χ2n) is 7.87. The molecule has 0 saturated heterocycles. The molecule has 2 aromatic rings. The lowest BCUT2D eigenvalue weighted by Gasteiger charge is -2.26. The number of imide groups is 1. The summed E-state index contributed by atoms with van der Waals surface area (Å²) in [5, 5.41) is 3.16. The van der Waals surface area contributed by atoms with Crippen LogP contribution in [0.3, 0.4) is 0 Å². The van der Waals surface area contributed by atoms with Gasteiger partial charge in [0.15, 0.2) is 0 Å². The first-order valence-electron chi connectivity index (χ1n) is 10.2. The quantitative estimate of drug-likeness (QED) is 0.513. The van der Waals surface area contributed by atoms with Crippen LogP contribution in [0, 0.1) is 19.8 Å². The molecule has 0 radical (unpaired) electrons. The van der Waals surface area contributed by atoms with Crippen LogP contribution in [-0.4, -0.2) is 41.2 Å². The fraction of sp³-hybridized carbons (Fsp3) is 0.391. The minimum Gasteiger partial charge on any atom is -0.462 e. The van der Waals surface area contributed by atoms with Crippen molar-refractivity contribution in [1.82, 2.24) is 4.90 Å². The average molecular weight is 443 g/mol. The number of amides is 3. The van der Waals surface area contributed by atoms with E-state index in [0.29, 0.717) is 28.1 Å². The molecular weight excluding hydrogens is 416 g/mol. The smallest absolute Gasteiger partial charge is 0.341 e. The highest BCUT2D eigenvalue weighted by atomic mass is 32.1. The molecule has 1 aliphatic rings. The van der Waals surface area contributed by atoms with Crippen LogP contribution in [0.4, 0.5) is 5.00 Å². The zero-order chi connectivity index (χ0) is 22.9. The Labute approximate surface area is 185 Å². The Morgan fingerprint density at radius 1 is 1.10 bits per heavy atom. The van der Waals surface area contributed by atoms with Gasteiger partial charge in [-0.1, -0.05) is 26.0 Å². The summed E-state index contributed by atoms with van der Waals surface area (Å²) in [6, 6.07) is 5.56. The highest BCUT2D eigenvalue weighted by Gasteiger charge is 2.43. The lowest BCUT2D eigenvalue weighted by molar-refractivity contribution is -0.120. The normalized spacial score (nSPS) is 14.1. The number of ether oxygens (including phenoxy) is 1. The first-order valence-corrected chi connectivity index (χ1v) is 11.0. The molecule has 7 nitrogen and oxygen atoms in total. The number of nitrogens with one attached hydrogen (secondary N) is 1. The molecule has 1 aliphatic heterocycles. The Morgan fingerprint density at radius 2 is 1.68 bits per heavy atom. The van der Waals surface area contributed by atoms with Gasteiger partial charge in [-0.05, 0) is 50.8 Å². The molecule has 1 N–H and O–H groups in total. The topological polar surface area (TPSA) is 92.8 Å². The van der Waals surface area contributed by atoms with E-state index in [1.165, 1.54) is 11.3 Å². The van der Waals surface area contributed by atoms with Crippen molar-refractivity contribution in [2.24, 2.45) is 5.92 Å². The summed E-state index contributed by atoms with van der Waals surface area (Å²) < 4.78 is 5.14. The van der Waals surface area contributed by atoms with Gasteiger partial charge in [-0.2, -0.15) is 0 Å². The number of rotatable bonds is 7. The summed E-state index contributed by atoms with van der Waals surface area (Å²) in [4.78, 5) is 53.6. The Morgan fingerprint density at radius 3 is 2.19 bits per heavy atom. The molecule has 1 atom stereocenters. The molecule has 0 bridgehead atoms. The molecule has 8 heteroatoms. The van der Waals surface area contributed by atoms with E-state index in [0.717, 1.165) is 15.3 Å². The van der Waals surface area contributed by atoms with Crippen molar-refractivity contribution in [3.05, 3.63) is 51.4 Å². The Hall–Kier alpha value is -3.00. The number of carbonyl (C=O) groups is 4. The Kier molecular flexibility index (Phi) is 6.59. The minimum absolute atomic E-state index is 0.0522. The summed E-state index contributed by atoms with van der Waals surface area (Å²) in [6.07, 6.45) is 0.301. The molecule has 0 saturated carbocycles. The molecule has 31 heavy (non-hydrogen) atoms. The molecule has 3 amide bonds. The van der Waals surface area contributed by atoms with Gasteiger partial charge >= 0.3 is 5.97 Å². The second kappa shape index (κ2) is 9.01. The van der Waals surface area contributed by atoms with Crippen molar-refractivity contribution in [2.45, 2.75) is 47.1 Å². The van der Waals surface area contributed by atoms with Gasteiger partial charge in [0.1, 0.15) is 11.0 Å². The summed E-state index contributed by atoms with van der Waals surface area (Å²) >= 11 is 1.27. The van der Waals surface area contributed by atoms with Gasteiger partial charge in [-0.3, -0.25) is 19.3 Å². The monoisotopic (exact) mass is 442 g/mol. The molecule has 3 rings (SSSR count). The number of esters is 1. The van der Waals surface area contributed by atoms with E-state index < -0.39 is 29.7 Å². The third-order valence-electron chi connectivity index (χ3n) is 5.24. The maximum absolute atomic E-state index is 13.3. The average Bonchev–Trinajstić information content (AvgIpc) is 3.13. The second-order valence-corrected chi connectivity index (χ2v) is 9.09. The van der Waals surface area contributed by atoms with Crippen LogP contribution in [-0.2, 0) is 9.53 Å². The molecule has 1 aromatic carbocycles. The number of fused-ring (bicyclic) bond motifs is 1. The van der Waals surface area contributed by atoms with Gasteiger partial charge in [0, 0.05) is 4.88 Å². The third-order valence-corrected chi connectivity index (χ3v) is 6.36.